The Morgan fingerprint density at radius 1 is 0.944 bits per heavy atom. The van der Waals surface area contributed by atoms with E-state index >= 15 is 0 Å². The van der Waals surface area contributed by atoms with Crippen molar-refractivity contribution in [3.05, 3.63) is 137 Å². The fourth-order valence-corrected chi connectivity index (χ4v) is 4.19. The van der Waals surface area contributed by atoms with E-state index in [2.05, 4.69) is 113 Å². The fourth-order valence-electron chi connectivity index (χ4n) is 3.16. The maximum atomic E-state index is 9.68. The summed E-state index contributed by atoms with van der Waals surface area (Å²) in [6.45, 7) is 10.4. The number of hydrogen-bond acceptors (Lipinski definition) is 2. The molecule has 4 heteroatoms. The van der Waals surface area contributed by atoms with E-state index in [1.165, 1.54) is 20.5 Å². The van der Waals surface area contributed by atoms with Gasteiger partial charge in [0.05, 0.1) is 6.26 Å². The zero-order valence-corrected chi connectivity index (χ0v) is 24.6. The number of rotatable bonds is 6. The average Bonchev–Trinajstić information content (AvgIpc) is 3.34. The van der Waals surface area contributed by atoms with Crippen LogP contribution in [-0.2, 0) is 30.8 Å². The molecule has 0 saturated carbocycles. The van der Waals surface area contributed by atoms with Gasteiger partial charge in [0.1, 0.15) is 5.75 Å². The molecular weight excluding hydrogens is 492 g/mol. The SMILES string of the molecule is CC1=[C-]CC=C1.Cc1ccc(CC=CO[Si](C)(C)C)c(O)c1.[Ti+]=[C](c1ccccc1)c1ccccc1. The second-order valence-electron chi connectivity index (χ2n) is 9.51. The molecule has 1 aliphatic carbocycles. The summed E-state index contributed by atoms with van der Waals surface area (Å²) in [7, 11) is -1.47. The fraction of sp³-hybridized carbons (Fsp3) is 0.219. The molecule has 185 valence electrons. The van der Waals surface area contributed by atoms with Gasteiger partial charge in [-0.25, -0.2) is 11.6 Å². The van der Waals surface area contributed by atoms with E-state index in [0.717, 1.165) is 17.5 Å². The minimum atomic E-state index is -1.47. The third-order valence-corrected chi connectivity index (χ3v) is 6.83. The molecule has 0 spiro atoms. The van der Waals surface area contributed by atoms with Gasteiger partial charge in [-0.2, -0.15) is 6.08 Å². The number of aryl methyl sites for hydroxylation is 1. The molecule has 0 aliphatic heterocycles. The van der Waals surface area contributed by atoms with Gasteiger partial charge in [-0.15, -0.1) is 6.42 Å². The zero-order valence-electron chi connectivity index (χ0n) is 22.1. The number of phenols is 1. The van der Waals surface area contributed by atoms with Crippen molar-refractivity contribution >= 4 is 12.1 Å². The van der Waals surface area contributed by atoms with Crippen molar-refractivity contribution in [2.24, 2.45) is 0 Å². The van der Waals surface area contributed by atoms with Gasteiger partial charge in [0.15, 0.2) is 0 Å². The van der Waals surface area contributed by atoms with Gasteiger partial charge in [-0.3, -0.25) is 6.08 Å². The van der Waals surface area contributed by atoms with Crippen molar-refractivity contribution in [1.82, 2.24) is 0 Å². The first-order chi connectivity index (χ1) is 17.2. The molecule has 0 heterocycles. The quantitative estimate of drug-likeness (QED) is 0.199. The third kappa shape index (κ3) is 11.8. The Kier molecular flexibility index (Phi) is 12.6. The number of phenolic OH excluding ortho intramolecular Hbond substituents is 1. The van der Waals surface area contributed by atoms with Gasteiger partial charge in [-0.1, -0.05) is 19.1 Å². The molecule has 3 aromatic rings. The van der Waals surface area contributed by atoms with Crippen LogP contribution < -0.4 is 0 Å². The topological polar surface area (TPSA) is 29.5 Å². The first-order valence-corrected chi connectivity index (χ1v) is 16.4. The van der Waals surface area contributed by atoms with Crippen molar-refractivity contribution < 1.29 is 29.5 Å². The Morgan fingerprint density at radius 3 is 1.94 bits per heavy atom. The molecule has 0 aromatic heterocycles. The Labute approximate surface area is 230 Å². The van der Waals surface area contributed by atoms with Gasteiger partial charge in [0.2, 0.25) is 8.32 Å². The van der Waals surface area contributed by atoms with Crippen LogP contribution in [0.25, 0.3) is 0 Å². The second kappa shape index (κ2) is 15.4. The molecule has 0 bridgehead atoms. The first-order valence-electron chi connectivity index (χ1n) is 12.2. The summed E-state index contributed by atoms with van der Waals surface area (Å²) in [5, 5.41) is 9.68. The standard InChI is InChI=1S/C13H20O2Si.C13H10.C6H7.Ti/c1-11-7-8-12(13(14)10-11)6-5-9-15-16(2,3)4;1-3-7-12(8-4-1)11-13-9-5-2-6-10-13;1-6-4-2-3-5-6;/h5,7-10,14H,6H2,1-4H3;1-10H;2,4H,3H2,1H3;/q;;-1;+1. The molecule has 0 saturated heterocycles. The van der Waals surface area contributed by atoms with Crippen LogP contribution in [0.2, 0.25) is 19.6 Å². The molecular formula is C32H37O2SiTi. The Morgan fingerprint density at radius 2 is 1.53 bits per heavy atom. The van der Waals surface area contributed by atoms with Gasteiger partial charge < -0.3 is 9.53 Å². The van der Waals surface area contributed by atoms with Crippen LogP contribution in [-0.4, -0.2) is 17.2 Å². The molecule has 36 heavy (non-hydrogen) atoms. The van der Waals surface area contributed by atoms with E-state index in [9.17, 15) is 5.11 Å². The molecule has 0 amide bonds. The van der Waals surface area contributed by atoms with Gasteiger partial charge >= 0.3 is 95.6 Å². The summed E-state index contributed by atoms with van der Waals surface area (Å²) in [6.07, 6.45) is 12.7. The van der Waals surface area contributed by atoms with Crippen molar-refractivity contribution in [2.45, 2.75) is 46.3 Å². The third-order valence-electron chi connectivity index (χ3n) is 5.09. The van der Waals surface area contributed by atoms with E-state index < -0.39 is 8.32 Å². The Balaban J connectivity index is 0.000000207. The molecule has 0 unspecified atom stereocenters. The predicted molar refractivity (Wildman–Crippen MR) is 152 cm³/mol. The minimum absolute atomic E-state index is 0.359. The van der Waals surface area contributed by atoms with Crippen LogP contribution in [0.3, 0.4) is 0 Å². The first kappa shape index (κ1) is 29.5. The van der Waals surface area contributed by atoms with Gasteiger partial charge in [0.25, 0.3) is 0 Å². The van der Waals surface area contributed by atoms with Crippen LogP contribution in [0, 0.1) is 13.0 Å². The van der Waals surface area contributed by atoms with E-state index in [-0.39, 0.29) is 0 Å². The van der Waals surface area contributed by atoms with Crippen LogP contribution in [0.1, 0.15) is 35.6 Å². The Bertz CT molecular complexity index is 1130. The Hall–Kier alpha value is -2.72. The van der Waals surface area contributed by atoms with Crippen molar-refractivity contribution in [3.63, 3.8) is 0 Å². The molecule has 2 nitrogen and oxygen atoms in total. The monoisotopic (exact) mass is 529 g/mol. The maximum absolute atomic E-state index is 9.68. The summed E-state index contributed by atoms with van der Waals surface area (Å²) in [5.41, 5.74) is 5.86. The molecule has 1 aliphatic rings. The summed E-state index contributed by atoms with van der Waals surface area (Å²) < 4.78 is 6.92. The number of hydrogen-bond donors (Lipinski definition) is 1. The zero-order chi connectivity index (χ0) is 26.4. The van der Waals surface area contributed by atoms with Crippen LogP contribution >= 0.6 is 0 Å². The second-order valence-corrected chi connectivity index (χ2v) is 14.8. The van der Waals surface area contributed by atoms with Crippen molar-refractivity contribution in [1.29, 1.82) is 0 Å². The molecule has 0 atom stereocenters. The molecule has 0 radical (unpaired) electrons. The van der Waals surface area contributed by atoms with Crippen molar-refractivity contribution in [3.8, 4) is 5.75 Å². The van der Waals surface area contributed by atoms with Crippen molar-refractivity contribution in [2.75, 3.05) is 0 Å². The van der Waals surface area contributed by atoms with Crippen LogP contribution in [0.5, 0.6) is 5.75 Å². The number of allylic oxidation sites excluding steroid dienone is 5. The van der Waals surface area contributed by atoms with E-state index in [4.69, 9.17) is 4.43 Å². The van der Waals surface area contributed by atoms with Crippen LogP contribution in [0.15, 0.2) is 109 Å². The van der Waals surface area contributed by atoms with E-state index in [1.54, 1.807) is 12.3 Å². The summed E-state index contributed by atoms with van der Waals surface area (Å²) in [6, 6.07) is 26.7. The summed E-state index contributed by atoms with van der Waals surface area (Å²) in [5.74, 6) is 0.359. The van der Waals surface area contributed by atoms with Gasteiger partial charge in [0, 0.05) is 0 Å². The average molecular weight is 530 g/mol. The summed E-state index contributed by atoms with van der Waals surface area (Å²) >= 11 is 2.16. The molecule has 0 fully saturated rings. The summed E-state index contributed by atoms with van der Waals surface area (Å²) in [4.78, 5) is 0. The van der Waals surface area contributed by atoms with Crippen LogP contribution in [0.4, 0.5) is 0 Å². The predicted octanol–water partition coefficient (Wildman–Crippen LogP) is 8.11. The molecule has 3 aromatic carbocycles. The normalized spacial score (nSPS) is 12.2. The molecule has 1 N–H and O–H groups in total. The number of benzene rings is 3. The van der Waals surface area contributed by atoms with E-state index in [1.807, 2.05) is 37.3 Å². The number of aromatic hydroxyl groups is 1. The molecule has 4 rings (SSSR count). The van der Waals surface area contributed by atoms with Gasteiger partial charge in [-0.05, 0) is 56.3 Å². The van der Waals surface area contributed by atoms with E-state index in [0.29, 0.717) is 12.2 Å².